The van der Waals surface area contributed by atoms with E-state index in [9.17, 15) is 10.2 Å². The Balaban J connectivity index is 1.51. The van der Waals surface area contributed by atoms with Crippen molar-refractivity contribution in [2.75, 3.05) is 13.7 Å². The highest BCUT2D eigenvalue weighted by Crippen LogP contribution is 2.36. The Labute approximate surface area is 156 Å². The molecule has 27 heavy (non-hydrogen) atoms. The zero-order valence-electron chi connectivity index (χ0n) is 15.0. The summed E-state index contributed by atoms with van der Waals surface area (Å²) in [4.78, 5) is 15.6. The van der Waals surface area contributed by atoms with Gasteiger partial charge in [-0.2, -0.15) is 0 Å². The number of hydrogen-bond acceptors (Lipinski definition) is 7. The number of nitrogens with zero attached hydrogens (tertiary/aromatic N) is 4. The molecule has 0 spiro atoms. The van der Waals surface area contributed by atoms with E-state index in [-0.39, 0.29) is 17.2 Å². The molecule has 0 unspecified atom stereocenters. The number of methoxy groups -OCH3 is 1. The normalized spacial score (nSPS) is 14.0. The fourth-order valence-corrected chi connectivity index (χ4v) is 3.30. The second kappa shape index (κ2) is 7.20. The molecule has 0 amide bonds. The quantitative estimate of drug-likeness (QED) is 0.687. The molecule has 3 aromatic rings. The number of aromatic nitrogens is 3. The molecule has 1 aromatic carbocycles. The van der Waals surface area contributed by atoms with Crippen molar-refractivity contribution < 1.29 is 14.9 Å². The highest BCUT2D eigenvalue weighted by Gasteiger charge is 2.20. The number of hydrogen-bond donors (Lipinski definition) is 2. The van der Waals surface area contributed by atoms with Crippen molar-refractivity contribution >= 4 is 0 Å². The predicted molar refractivity (Wildman–Crippen MR) is 99.4 cm³/mol. The van der Waals surface area contributed by atoms with Gasteiger partial charge in [0.15, 0.2) is 17.3 Å². The molecule has 0 aliphatic carbocycles. The Morgan fingerprint density at radius 1 is 1.22 bits per heavy atom. The maximum Gasteiger partial charge on any atom is 0.200 e. The summed E-state index contributed by atoms with van der Waals surface area (Å²) >= 11 is 0. The largest absolute Gasteiger partial charge is 0.504 e. The van der Waals surface area contributed by atoms with E-state index in [1.807, 2.05) is 18.3 Å². The van der Waals surface area contributed by atoms with Gasteiger partial charge in [0.25, 0.3) is 0 Å². The van der Waals surface area contributed by atoms with Crippen molar-refractivity contribution in [3.8, 4) is 28.6 Å². The maximum absolute atomic E-state index is 9.86. The Hall–Kier alpha value is -3.19. The number of benzene rings is 1. The zero-order chi connectivity index (χ0) is 18.8. The summed E-state index contributed by atoms with van der Waals surface area (Å²) in [6.07, 6.45) is 6.20. The van der Waals surface area contributed by atoms with Crippen molar-refractivity contribution in [2.45, 2.75) is 19.5 Å². The topological polar surface area (TPSA) is 91.6 Å². The first-order valence-electron chi connectivity index (χ1n) is 8.70. The van der Waals surface area contributed by atoms with Crippen LogP contribution in [0.25, 0.3) is 11.4 Å². The third-order valence-corrected chi connectivity index (χ3v) is 4.67. The van der Waals surface area contributed by atoms with Crippen LogP contribution in [0.2, 0.25) is 0 Å². The van der Waals surface area contributed by atoms with Gasteiger partial charge in [-0.3, -0.25) is 9.88 Å². The van der Waals surface area contributed by atoms with Gasteiger partial charge in [0.2, 0.25) is 5.75 Å². The minimum absolute atomic E-state index is 0.175. The van der Waals surface area contributed by atoms with Gasteiger partial charge in [-0.1, -0.05) is 0 Å². The molecule has 0 radical (unpaired) electrons. The average Bonchev–Trinajstić information content (AvgIpc) is 2.71. The van der Waals surface area contributed by atoms with Gasteiger partial charge < -0.3 is 14.9 Å². The molecule has 0 saturated heterocycles. The Bertz CT molecular complexity index is 963. The molecule has 0 saturated carbocycles. The van der Waals surface area contributed by atoms with Crippen molar-refractivity contribution in [3.63, 3.8) is 0 Å². The highest BCUT2D eigenvalue weighted by atomic mass is 16.5. The van der Waals surface area contributed by atoms with Crippen molar-refractivity contribution in [2.24, 2.45) is 0 Å². The first kappa shape index (κ1) is 17.2. The molecule has 1 aliphatic heterocycles. The lowest BCUT2D eigenvalue weighted by Crippen LogP contribution is -2.31. The van der Waals surface area contributed by atoms with E-state index < -0.39 is 0 Å². The number of rotatable bonds is 4. The van der Waals surface area contributed by atoms with E-state index in [0.717, 1.165) is 41.9 Å². The predicted octanol–water partition coefficient (Wildman–Crippen LogP) is 2.52. The van der Waals surface area contributed by atoms with Crippen LogP contribution in [0.1, 0.15) is 16.8 Å². The van der Waals surface area contributed by atoms with Crippen molar-refractivity contribution in [1.29, 1.82) is 0 Å². The van der Waals surface area contributed by atoms with Gasteiger partial charge in [-0.25, -0.2) is 9.97 Å². The lowest BCUT2D eigenvalue weighted by molar-refractivity contribution is 0.242. The van der Waals surface area contributed by atoms with Crippen LogP contribution in [0.3, 0.4) is 0 Å². The summed E-state index contributed by atoms with van der Waals surface area (Å²) in [5, 5.41) is 19.6. The van der Waals surface area contributed by atoms with E-state index in [1.54, 1.807) is 24.5 Å². The summed E-state index contributed by atoms with van der Waals surface area (Å²) in [6.45, 7) is 2.21. The number of phenolic OH excluding ortho intramolecular Hbond substituents is 2. The van der Waals surface area contributed by atoms with E-state index >= 15 is 0 Å². The summed E-state index contributed by atoms with van der Waals surface area (Å²) in [7, 11) is 1.46. The summed E-state index contributed by atoms with van der Waals surface area (Å²) in [5.74, 6) is 0.558. The minimum Gasteiger partial charge on any atom is -0.504 e. The van der Waals surface area contributed by atoms with Crippen LogP contribution in [-0.4, -0.2) is 43.7 Å². The molecule has 4 rings (SSSR count). The first-order chi connectivity index (χ1) is 13.1. The van der Waals surface area contributed by atoms with Gasteiger partial charge in [0.05, 0.1) is 12.8 Å². The Kier molecular flexibility index (Phi) is 4.60. The number of pyridine rings is 1. The SMILES string of the molecule is COc1cc(CN2CCc3nc(-c4cccnc4)ncc3C2)cc(O)c1O. The standard InChI is InChI=1S/C20H20N4O3/c1-27-18-8-13(7-17(25)19(18)26)11-24-6-4-16-15(12-24)10-22-20(23-16)14-3-2-5-21-9-14/h2-3,5,7-10,25-26H,4,6,11-12H2,1H3. The van der Waals surface area contributed by atoms with Crippen LogP contribution in [0.15, 0.2) is 42.9 Å². The van der Waals surface area contributed by atoms with Gasteiger partial charge in [0, 0.05) is 55.8 Å². The van der Waals surface area contributed by atoms with E-state index in [2.05, 4.69) is 14.9 Å². The molecule has 0 fully saturated rings. The molecule has 2 N–H and O–H groups in total. The van der Waals surface area contributed by atoms with Crippen LogP contribution >= 0.6 is 0 Å². The monoisotopic (exact) mass is 364 g/mol. The van der Waals surface area contributed by atoms with Crippen LogP contribution < -0.4 is 4.74 Å². The molecular formula is C20H20N4O3. The van der Waals surface area contributed by atoms with E-state index in [1.165, 1.54) is 7.11 Å². The van der Waals surface area contributed by atoms with Crippen LogP contribution in [0.5, 0.6) is 17.2 Å². The molecule has 2 aromatic heterocycles. The van der Waals surface area contributed by atoms with Gasteiger partial charge in [-0.15, -0.1) is 0 Å². The second-order valence-electron chi connectivity index (χ2n) is 6.53. The fourth-order valence-electron chi connectivity index (χ4n) is 3.30. The van der Waals surface area contributed by atoms with Crippen molar-refractivity contribution in [1.82, 2.24) is 19.9 Å². The van der Waals surface area contributed by atoms with Gasteiger partial charge >= 0.3 is 0 Å². The van der Waals surface area contributed by atoms with Gasteiger partial charge in [0.1, 0.15) is 0 Å². The van der Waals surface area contributed by atoms with Crippen LogP contribution in [0.4, 0.5) is 0 Å². The second-order valence-corrected chi connectivity index (χ2v) is 6.53. The lowest BCUT2D eigenvalue weighted by Gasteiger charge is -2.28. The summed E-state index contributed by atoms with van der Waals surface area (Å²) in [5.41, 5.74) is 3.95. The average molecular weight is 364 g/mol. The third-order valence-electron chi connectivity index (χ3n) is 4.67. The molecule has 0 atom stereocenters. The molecule has 138 valence electrons. The molecule has 3 heterocycles. The molecule has 1 aliphatic rings. The summed E-state index contributed by atoms with van der Waals surface area (Å²) in [6, 6.07) is 7.14. The number of fused-ring (bicyclic) bond motifs is 1. The number of phenols is 2. The lowest BCUT2D eigenvalue weighted by atomic mass is 10.1. The Morgan fingerprint density at radius 3 is 2.89 bits per heavy atom. The van der Waals surface area contributed by atoms with Crippen LogP contribution in [0, 0.1) is 0 Å². The minimum atomic E-state index is -0.235. The molecule has 7 heteroatoms. The van der Waals surface area contributed by atoms with Crippen LogP contribution in [-0.2, 0) is 19.5 Å². The smallest absolute Gasteiger partial charge is 0.200 e. The maximum atomic E-state index is 9.86. The zero-order valence-corrected chi connectivity index (χ0v) is 15.0. The van der Waals surface area contributed by atoms with E-state index in [0.29, 0.717) is 12.4 Å². The fraction of sp³-hybridized carbons (Fsp3) is 0.250. The number of ether oxygens (including phenoxy) is 1. The van der Waals surface area contributed by atoms with E-state index in [4.69, 9.17) is 9.72 Å². The first-order valence-corrected chi connectivity index (χ1v) is 8.70. The Morgan fingerprint density at radius 2 is 2.11 bits per heavy atom. The molecule has 7 nitrogen and oxygen atoms in total. The van der Waals surface area contributed by atoms with Crippen molar-refractivity contribution in [3.05, 3.63) is 59.7 Å². The molecule has 0 bridgehead atoms. The summed E-state index contributed by atoms with van der Waals surface area (Å²) < 4.78 is 5.11. The molecular weight excluding hydrogens is 344 g/mol. The van der Waals surface area contributed by atoms with Gasteiger partial charge in [-0.05, 0) is 29.8 Å². The third kappa shape index (κ3) is 3.54. The number of aromatic hydroxyl groups is 2. The highest BCUT2D eigenvalue weighted by molar-refractivity contribution is 5.53.